The Bertz CT molecular complexity index is 1120. The SMILES string of the molecule is COC(CON=CC(=O)N[C@@H]1C(=O)N2C(C(=O)O)=C(COC(=O)CC(C)=O)CS[C@@H]12)c1csc(N)n1. The fourth-order valence-corrected chi connectivity index (χ4v) is 5.26. The molecule has 0 radical (unpaired) electrons. The van der Waals surface area contributed by atoms with Gasteiger partial charge in [-0.2, -0.15) is 0 Å². The van der Waals surface area contributed by atoms with E-state index in [2.05, 4.69) is 15.5 Å². The number of nitrogens with zero attached hydrogens (tertiary/aromatic N) is 3. The first-order valence-electron chi connectivity index (χ1n) is 10.4. The minimum absolute atomic E-state index is 0.0371. The summed E-state index contributed by atoms with van der Waals surface area (Å²) < 4.78 is 10.2. The number of carbonyl (C=O) groups excluding carboxylic acids is 4. The molecule has 2 aliphatic heterocycles. The molecule has 2 amide bonds. The van der Waals surface area contributed by atoms with Crippen LogP contribution >= 0.6 is 23.1 Å². The van der Waals surface area contributed by atoms with Gasteiger partial charge in [-0.25, -0.2) is 9.78 Å². The summed E-state index contributed by atoms with van der Waals surface area (Å²) in [6.07, 6.45) is -0.130. The number of ketones is 1. The van der Waals surface area contributed by atoms with Gasteiger partial charge in [0.15, 0.2) is 5.13 Å². The van der Waals surface area contributed by atoms with Gasteiger partial charge in [-0.1, -0.05) is 5.16 Å². The number of nitrogens with two attached hydrogens (primary N) is 1. The van der Waals surface area contributed by atoms with E-state index in [9.17, 15) is 29.1 Å². The number of aliphatic carboxylic acids is 1. The van der Waals surface area contributed by atoms with E-state index >= 15 is 0 Å². The number of carboxylic acid groups (broad SMARTS) is 1. The van der Waals surface area contributed by atoms with Crippen molar-refractivity contribution in [2.45, 2.75) is 30.9 Å². The molecule has 194 valence electrons. The van der Waals surface area contributed by atoms with Crippen molar-refractivity contribution in [3.05, 3.63) is 22.3 Å². The van der Waals surface area contributed by atoms with Gasteiger partial charge in [-0.05, 0) is 6.92 Å². The van der Waals surface area contributed by atoms with Crippen molar-refractivity contribution < 1.29 is 43.4 Å². The molecule has 0 spiro atoms. The Morgan fingerprint density at radius 1 is 1.42 bits per heavy atom. The highest BCUT2D eigenvalue weighted by atomic mass is 32.2. The van der Waals surface area contributed by atoms with Crippen molar-refractivity contribution in [1.82, 2.24) is 15.2 Å². The molecule has 14 nitrogen and oxygen atoms in total. The van der Waals surface area contributed by atoms with E-state index in [1.54, 1.807) is 5.38 Å². The minimum Gasteiger partial charge on any atom is -0.477 e. The van der Waals surface area contributed by atoms with Crippen LogP contribution in [0.2, 0.25) is 0 Å². The molecular formula is C20H23N5O9S2. The highest BCUT2D eigenvalue weighted by molar-refractivity contribution is 8.00. The number of carbonyl (C=O) groups is 5. The number of fused-ring (bicyclic) bond motifs is 1. The summed E-state index contributed by atoms with van der Waals surface area (Å²) in [5.74, 6) is -3.77. The lowest BCUT2D eigenvalue weighted by molar-refractivity contribution is -0.150. The summed E-state index contributed by atoms with van der Waals surface area (Å²) in [6, 6.07) is -0.977. The van der Waals surface area contributed by atoms with Gasteiger partial charge in [0.25, 0.3) is 11.8 Å². The molecule has 0 bridgehead atoms. The Hall–Kier alpha value is -3.50. The van der Waals surface area contributed by atoms with Crippen LogP contribution < -0.4 is 11.1 Å². The van der Waals surface area contributed by atoms with Crippen LogP contribution in [0.5, 0.6) is 0 Å². The molecule has 0 aromatic carbocycles. The third-order valence-electron chi connectivity index (χ3n) is 4.97. The van der Waals surface area contributed by atoms with Crippen LogP contribution in [0.3, 0.4) is 0 Å². The van der Waals surface area contributed by atoms with Crippen LogP contribution in [0.15, 0.2) is 21.8 Å². The lowest BCUT2D eigenvalue weighted by atomic mass is 10.0. The van der Waals surface area contributed by atoms with Gasteiger partial charge < -0.3 is 30.5 Å². The highest BCUT2D eigenvalue weighted by Gasteiger charge is 2.54. The van der Waals surface area contributed by atoms with Crippen LogP contribution in [0.4, 0.5) is 5.13 Å². The number of hydrogen-bond donors (Lipinski definition) is 3. The van der Waals surface area contributed by atoms with Crippen molar-refractivity contribution in [2.75, 3.05) is 31.8 Å². The number of thiazole rings is 1. The van der Waals surface area contributed by atoms with Gasteiger partial charge in [-0.15, -0.1) is 23.1 Å². The number of β-lactam (4-membered cyclic amide) rings is 1. The van der Waals surface area contributed by atoms with E-state index in [1.807, 2.05) is 0 Å². The number of oxime groups is 1. The molecule has 0 saturated carbocycles. The molecule has 16 heteroatoms. The zero-order chi connectivity index (χ0) is 26.4. The second kappa shape index (κ2) is 12.0. The molecular weight excluding hydrogens is 518 g/mol. The van der Waals surface area contributed by atoms with Crippen molar-refractivity contribution in [3.8, 4) is 0 Å². The van der Waals surface area contributed by atoms with E-state index in [0.717, 1.165) is 11.1 Å². The summed E-state index contributed by atoms with van der Waals surface area (Å²) in [7, 11) is 1.46. The van der Waals surface area contributed by atoms with Gasteiger partial charge >= 0.3 is 11.9 Å². The molecule has 1 aromatic rings. The first-order chi connectivity index (χ1) is 17.1. The molecule has 3 atom stereocenters. The quantitative estimate of drug-likeness (QED) is 0.102. The van der Waals surface area contributed by atoms with Crippen molar-refractivity contribution in [1.29, 1.82) is 0 Å². The van der Waals surface area contributed by atoms with Crippen molar-refractivity contribution in [2.24, 2.45) is 5.16 Å². The monoisotopic (exact) mass is 541 g/mol. The first kappa shape index (κ1) is 27.1. The predicted molar refractivity (Wildman–Crippen MR) is 127 cm³/mol. The lowest BCUT2D eigenvalue weighted by Gasteiger charge is -2.49. The van der Waals surface area contributed by atoms with Crippen molar-refractivity contribution >= 4 is 64.0 Å². The van der Waals surface area contributed by atoms with Crippen LogP contribution in [-0.4, -0.2) is 88.2 Å². The number of amides is 2. The fourth-order valence-electron chi connectivity index (χ4n) is 3.33. The molecule has 1 aromatic heterocycles. The minimum atomic E-state index is -1.37. The number of methoxy groups -OCH3 is 1. The normalized spacial score (nSPS) is 19.9. The molecule has 2 aliphatic rings. The van der Waals surface area contributed by atoms with E-state index in [4.69, 9.17) is 20.0 Å². The number of hydrogen-bond acceptors (Lipinski definition) is 13. The molecule has 0 aliphatic carbocycles. The maximum atomic E-state index is 12.6. The Kier molecular flexibility index (Phi) is 9.00. The third-order valence-corrected chi connectivity index (χ3v) is 7.00. The molecule has 3 rings (SSSR count). The second-order valence-electron chi connectivity index (χ2n) is 7.56. The Labute approximate surface area is 212 Å². The van der Waals surface area contributed by atoms with Gasteiger partial charge in [0.05, 0.1) is 5.69 Å². The fraction of sp³-hybridized carbons (Fsp3) is 0.450. The summed E-state index contributed by atoms with van der Waals surface area (Å²) >= 11 is 2.44. The first-order valence-corrected chi connectivity index (χ1v) is 12.3. The average molecular weight is 542 g/mol. The average Bonchev–Trinajstić information content (AvgIpc) is 3.25. The summed E-state index contributed by atoms with van der Waals surface area (Å²) in [6.45, 7) is 0.822. The number of anilines is 1. The molecule has 1 fully saturated rings. The predicted octanol–water partition coefficient (Wildman–Crippen LogP) is -0.324. The Morgan fingerprint density at radius 3 is 2.78 bits per heavy atom. The molecule has 4 N–H and O–H groups in total. The van der Waals surface area contributed by atoms with E-state index in [1.165, 1.54) is 37.1 Å². The maximum Gasteiger partial charge on any atom is 0.352 e. The Balaban J connectivity index is 1.54. The van der Waals surface area contributed by atoms with Crippen LogP contribution in [0.1, 0.15) is 25.1 Å². The number of aromatic nitrogens is 1. The number of esters is 1. The van der Waals surface area contributed by atoms with Crippen LogP contribution in [0, 0.1) is 0 Å². The summed E-state index contributed by atoms with van der Waals surface area (Å²) in [5, 5.41) is 17.1. The number of thioether (sulfide) groups is 1. The second-order valence-corrected chi connectivity index (χ2v) is 9.55. The van der Waals surface area contributed by atoms with Crippen LogP contribution in [0.25, 0.3) is 0 Å². The van der Waals surface area contributed by atoms with Crippen molar-refractivity contribution in [3.63, 3.8) is 0 Å². The van der Waals surface area contributed by atoms with E-state index < -0.39 is 47.7 Å². The third kappa shape index (κ3) is 6.38. The largest absolute Gasteiger partial charge is 0.477 e. The summed E-state index contributed by atoms with van der Waals surface area (Å²) in [5.41, 5.74) is 6.05. The number of nitrogen functional groups attached to an aromatic ring is 1. The van der Waals surface area contributed by atoms with Gasteiger partial charge in [0.2, 0.25) is 0 Å². The molecule has 1 saturated heterocycles. The number of carboxylic acids is 1. The summed E-state index contributed by atoms with van der Waals surface area (Å²) in [4.78, 5) is 69.5. The van der Waals surface area contributed by atoms with E-state index in [0.29, 0.717) is 10.8 Å². The zero-order valence-corrected chi connectivity index (χ0v) is 20.8. The zero-order valence-electron chi connectivity index (χ0n) is 19.2. The number of nitrogens with one attached hydrogen (secondary N) is 1. The van der Waals surface area contributed by atoms with Gasteiger partial charge in [0, 0.05) is 23.8 Å². The number of rotatable bonds is 12. The Morgan fingerprint density at radius 2 is 2.17 bits per heavy atom. The lowest BCUT2D eigenvalue weighted by Crippen LogP contribution is -2.70. The standard InChI is InChI=1S/C20H23N5O9S2/c1-9(26)3-14(28)33-5-10-7-35-18-15(17(29)25(18)16(10)19(30)31)24-13(27)4-22-34-6-12(32-2)11-8-36-20(21)23-11/h4,8,12,15,18H,3,5-7H2,1-2H3,(H2,21,23)(H,24,27)(H,30,31)/t12?,15-,18+/m1/s1. The van der Waals surface area contributed by atoms with Gasteiger partial charge in [-0.3, -0.25) is 24.1 Å². The van der Waals surface area contributed by atoms with Gasteiger partial charge in [0.1, 0.15) is 54.8 Å². The number of ether oxygens (including phenoxy) is 2. The molecule has 36 heavy (non-hydrogen) atoms. The molecule has 1 unspecified atom stereocenters. The van der Waals surface area contributed by atoms with Crippen LogP contribution in [-0.2, 0) is 38.3 Å². The molecule has 3 heterocycles. The smallest absolute Gasteiger partial charge is 0.352 e. The highest BCUT2D eigenvalue weighted by Crippen LogP contribution is 2.40. The number of Topliss-reactive ketones (excluding diaryl/α,β-unsaturated/α-hetero) is 1. The van der Waals surface area contributed by atoms with E-state index in [-0.39, 0.29) is 36.0 Å². The topological polar surface area (TPSA) is 200 Å². The maximum absolute atomic E-state index is 12.6.